The third-order valence-corrected chi connectivity index (χ3v) is 3.62. The van der Waals surface area contributed by atoms with Crippen molar-refractivity contribution in [3.05, 3.63) is 71.8 Å². The van der Waals surface area contributed by atoms with E-state index in [2.05, 4.69) is 19.1 Å². The van der Waals surface area contributed by atoms with E-state index in [1.807, 2.05) is 53.4 Å². The molecule has 0 radical (unpaired) electrons. The summed E-state index contributed by atoms with van der Waals surface area (Å²) in [4.78, 5) is 14.2. The van der Waals surface area contributed by atoms with Gasteiger partial charge in [0, 0.05) is 12.1 Å². The molecule has 1 unspecified atom stereocenters. The van der Waals surface area contributed by atoms with E-state index in [4.69, 9.17) is 0 Å². The number of benzene rings is 2. The lowest BCUT2D eigenvalue weighted by atomic mass is 10.0. The zero-order valence-corrected chi connectivity index (χ0v) is 10.3. The van der Waals surface area contributed by atoms with Crippen LogP contribution in [0.1, 0.15) is 22.8 Å². The monoisotopic (exact) mass is 237 g/mol. The molecule has 2 aromatic carbocycles. The summed E-state index contributed by atoms with van der Waals surface area (Å²) in [5.41, 5.74) is 1.83. The number of carbonyl (C=O) groups is 1. The van der Waals surface area contributed by atoms with Gasteiger partial charge in [0.2, 0.25) is 0 Å². The molecule has 2 heteroatoms. The average molecular weight is 237 g/mol. The molecule has 1 aliphatic rings. The van der Waals surface area contributed by atoms with E-state index < -0.39 is 0 Å². The quantitative estimate of drug-likeness (QED) is 0.735. The second-order valence-electron chi connectivity index (χ2n) is 4.90. The Hall–Kier alpha value is -2.09. The van der Waals surface area contributed by atoms with Gasteiger partial charge < -0.3 is 4.90 Å². The number of amides is 1. The molecule has 0 aliphatic carbocycles. The molecule has 0 saturated carbocycles. The van der Waals surface area contributed by atoms with E-state index in [0.717, 1.165) is 12.1 Å². The van der Waals surface area contributed by atoms with Gasteiger partial charge in [-0.25, -0.2) is 0 Å². The fourth-order valence-corrected chi connectivity index (χ4v) is 2.35. The minimum absolute atomic E-state index is 0.113. The summed E-state index contributed by atoms with van der Waals surface area (Å²) in [5.74, 6) is 0.113. The third-order valence-electron chi connectivity index (χ3n) is 3.62. The molecule has 1 aliphatic heterocycles. The van der Waals surface area contributed by atoms with Gasteiger partial charge in [-0.2, -0.15) is 0 Å². The second kappa shape index (κ2) is 3.98. The maximum Gasteiger partial charge on any atom is 0.254 e. The van der Waals surface area contributed by atoms with Crippen molar-refractivity contribution in [1.82, 2.24) is 4.90 Å². The van der Waals surface area contributed by atoms with Crippen LogP contribution in [0.5, 0.6) is 0 Å². The van der Waals surface area contributed by atoms with Gasteiger partial charge in [-0.3, -0.25) is 4.79 Å². The summed E-state index contributed by atoms with van der Waals surface area (Å²) in [6, 6.07) is 19.7. The minimum atomic E-state index is -0.131. The third kappa shape index (κ3) is 1.70. The van der Waals surface area contributed by atoms with Crippen molar-refractivity contribution in [3.8, 4) is 0 Å². The van der Waals surface area contributed by atoms with Crippen LogP contribution in [0.2, 0.25) is 0 Å². The predicted molar refractivity (Wildman–Crippen MR) is 71.3 cm³/mol. The van der Waals surface area contributed by atoms with E-state index in [1.165, 1.54) is 5.56 Å². The van der Waals surface area contributed by atoms with Gasteiger partial charge in [0.05, 0.1) is 5.54 Å². The lowest BCUT2D eigenvalue weighted by Crippen LogP contribution is -2.19. The van der Waals surface area contributed by atoms with Gasteiger partial charge in [0.1, 0.15) is 0 Å². The van der Waals surface area contributed by atoms with Crippen LogP contribution in [0.4, 0.5) is 0 Å². The molecule has 18 heavy (non-hydrogen) atoms. The maximum absolute atomic E-state index is 12.3. The van der Waals surface area contributed by atoms with Gasteiger partial charge in [0.25, 0.3) is 5.91 Å². The molecule has 3 rings (SSSR count). The molecule has 0 spiro atoms. The Morgan fingerprint density at radius 2 is 1.56 bits per heavy atom. The molecule has 2 aromatic rings. The van der Waals surface area contributed by atoms with Crippen molar-refractivity contribution in [2.75, 3.05) is 6.54 Å². The number of hydrogen-bond donors (Lipinski definition) is 0. The molecule has 2 nitrogen and oxygen atoms in total. The summed E-state index contributed by atoms with van der Waals surface area (Å²) in [7, 11) is 0. The molecule has 1 atom stereocenters. The van der Waals surface area contributed by atoms with E-state index >= 15 is 0 Å². The second-order valence-corrected chi connectivity index (χ2v) is 4.90. The Labute approximate surface area is 107 Å². The number of carbonyl (C=O) groups excluding carboxylic acids is 1. The van der Waals surface area contributed by atoms with Crippen LogP contribution in [-0.2, 0) is 5.54 Å². The maximum atomic E-state index is 12.3. The largest absolute Gasteiger partial charge is 0.325 e. The zero-order valence-electron chi connectivity index (χ0n) is 10.3. The van der Waals surface area contributed by atoms with Crippen molar-refractivity contribution in [2.24, 2.45) is 0 Å². The van der Waals surface area contributed by atoms with Crippen LogP contribution in [0.25, 0.3) is 0 Å². The number of nitrogens with zero attached hydrogens (tertiary/aromatic N) is 1. The summed E-state index contributed by atoms with van der Waals surface area (Å²) < 4.78 is 0. The predicted octanol–water partition coefficient (Wildman–Crippen LogP) is 3.06. The molecule has 90 valence electrons. The smallest absolute Gasteiger partial charge is 0.254 e. The van der Waals surface area contributed by atoms with E-state index in [0.29, 0.717) is 0 Å². The summed E-state index contributed by atoms with van der Waals surface area (Å²) in [5, 5.41) is 0. The van der Waals surface area contributed by atoms with Crippen molar-refractivity contribution in [3.63, 3.8) is 0 Å². The molecule has 0 N–H and O–H groups in total. The molecular formula is C16H15NO. The van der Waals surface area contributed by atoms with E-state index in [-0.39, 0.29) is 11.4 Å². The summed E-state index contributed by atoms with van der Waals surface area (Å²) in [6.45, 7) is 2.91. The first kappa shape index (κ1) is 11.0. The molecule has 1 amide bonds. The van der Waals surface area contributed by atoms with E-state index in [9.17, 15) is 4.79 Å². The average Bonchev–Trinajstić information content (AvgIpc) is 3.14. The van der Waals surface area contributed by atoms with Crippen molar-refractivity contribution >= 4 is 5.91 Å². The van der Waals surface area contributed by atoms with Crippen molar-refractivity contribution < 1.29 is 4.79 Å². The molecule has 1 fully saturated rings. The highest BCUT2D eigenvalue weighted by Gasteiger charge is 2.52. The summed E-state index contributed by atoms with van der Waals surface area (Å²) >= 11 is 0. The standard InChI is InChI=1S/C16H15NO/c1-16(14-10-6-3-7-11-14)12-17(16)15(18)13-8-4-2-5-9-13/h2-11H,12H2,1H3. The van der Waals surface area contributed by atoms with Crippen LogP contribution in [-0.4, -0.2) is 17.4 Å². The zero-order chi connectivity index (χ0) is 12.6. The van der Waals surface area contributed by atoms with Gasteiger partial charge >= 0.3 is 0 Å². The Morgan fingerprint density at radius 3 is 2.17 bits per heavy atom. The van der Waals surface area contributed by atoms with Gasteiger partial charge in [-0.05, 0) is 24.6 Å². The lowest BCUT2D eigenvalue weighted by Gasteiger charge is -2.12. The Balaban J connectivity index is 1.84. The molecule has 0 bridgehead atoms. The summed E-state index contributed by atoms with van der Waals surface area (Å²) in [6.07, 6.45) is 0. The van der Waals surface area contributed by atoms with Crippen LogP contribution in [0.3, 0.4) is 0 Å². The fourth-order valence-electron chi connectivity index (χ4n) is 2.35. The highest BCUT2D eigenvalue weighted by atomic mass is 16.2. The van der Waals surface area contributed by atoms with Crippen LogP contribution < -0.4 is 0 Å². The van der Waals surface area contributed by atoms with Crippen LogP contribution in [0.15, 0.2) is 60.7 Å². The minimum Gasteiger partial charge on any atom is -0.325 e. The lowest BCUT2D eigenvalue weighted by molar-refractivity contribution is 0.0856. The van der Waals surface area contributed by atoms with Crippen molar-refractivity contribution in [1.29, 1.82) is 0 Å². The topological polar surface area (TPSA) is 20.1 Å². The fraction of sp³-hybridized carbons (Fsp3) is 0.188. The van der Waals surface area contributed by atoms with Crippen molar-refractivity contribution in [2.45, 2.75) is 12.5 Å². The van der Waals surface area contributed by atoms with Crippen LogP contribution in [0, 0.1) is 0 Å². The Kier molecular flexibility index (Phi) is 2.44. The first-order valence-electron chi connectivity index (χ1n) is 6.14. The van der Waals surface area contributed by atoms with Gasteiger partial charge in [0.15, 0.2) is 0 Å². The highest BCUT2D eigenvalue weighted by molar-refractivity contribution is 5.96. The number of rotatable bonds is 2. The molecule has 0 aromatic heterocycles. The highest BCUT2D eigenvalue weighted by Crippen LogP contribution is 2.42. The SMILES string of the molecule is CC1(c2ccccc2)CN1C(=O)c1ccccc1. The van der Waals surface area contributed by atoms with Crippen LogP contribution >= 0.6 is 0 Å². The van der Waals surface area contributed by atoms with Gasteiger partial charge in [-0.15, -0.1) is 0 Å². The van der Waals surface area contributed by atoms with Gasteiger partial charge in [-0.1, -0.05) is 48.5 Å². The Bertz CT molecular complexity index is 564. The first-order valence-corrected chi connectivity index (χ1v) is 6.14. The Morgan fingerprint density at radius 1 is 1.00 bits per heavy atom. The molecular weight excluding hydrogens is 222 g/mol. The molecule has 1 heterocycles. The number of hydrogen-bond acceptors (Lipinski definition) is 1. The van der Waals surface area contributed by atoms with E-state index in [1.54, 1.807) is 0 Å². The molecule has 1 saturated heterocycles. The normalized spacial score (nSPS) is 21.7. The first-order chi connectivity index (χ1) is 8.72.